The topological polar surface area (TPSA) is 113 Å². The molecule has 3 aromatic rings. The van der Waals surface area contributed by atoms with Gasteiger partial charge in [-0.25, -0.2) is 4.39 Å². The van der Waals surface area contributed by atoms with Gasteiger partial charge in [-0.15, -0.1) is 26.3 Å². The first-order chi connectivity index (χ1) is 16.7. The van der Waals surface area contributed by atoms with E-state index >= 15 is 0 Å². The average molecular weight is 519 g/mol. The summed E-state index contributed by atoms with van der Waals surface area (Å²) in [6.07, 6.45) is -9.18. The Morgan fingerprint density at radius 2 is 1.42 bits per heavy atom. The lowest BCUT2D eigenvalue weighted by atomic mass is 10.1. The molecule has 0 aliphatic rings. The van der Waals surface area contributed by atoms with Crippen molar-refractivity contribution < 1.29 is 54.5 Å². The fourth-order valence-electron chi connectivity index (χ4n) is 2.71. The second-order valence-corrected chi connectivity index (χ2v) is 6.67. The monoisotopic (exact) mass is 519 g/mol. The summed E-state index contributed by atoms with van der Waals surface area (Å²) in [6.45, 7) is 0. The van der Waals surface area contributed by atoms with Crippen LogP contribution in [-0.4, -0.2) is 29.5 Å². The Morgan fingerprint density at radius 1 is 0.833 bits per heavy atom. The maximum absolute atomic E-state index is 15.0. The van der Waals surface area contributed by atoms with Gasteiger partial charge in [-0.1, -0.05) is 0 Å². The summed E-state index contributed by atoms with van der Waals surface area (Å²) in [5.74, 6) is -6.86. The summed E-state index contributed by atoms with van der Waals surface area (Å²) in [7, 11) is 0. The molecule has 0 bridgehead atoms. The summed E-state index contributed by atoms with van der Waals surface area (Å²) >= 11 is 0. The average Bonchev–Trinajstić information content (AvgIpc) is 2.75. The number of anilines is 1. The minimum Gasteiger partial charge on any atom is -0.456 e. The number of alkyl halides is 6. The molecule has 0 aliphatic heterocycles. The number of carbonyl (C=O) groups excluding carboxylic acids is 2. The van der Waals surface area contributed by atoms with Crippen LogP contribution in [0.15, 0.2) is 54.7 Å². The molecule has 0 aliphatic carbocycles. The minimum atomic E-state index is -5.30. The summed E-state index contributed by atoms with van der Waals surface area (Å²) in [4.78, 5) is 27.7. The van der Waals surface area contributed by atoms with Crippen molar-refractivity contribution >= 4 is 17.5 Å². The lowest BCUT2D eigenvalue weighted by Gasteiger charge is -2.16. The molecule has 15 heteroatoms. The number of nitrogens with two attached hydrogens (primary N) is 1. The first kappa shape index (κ1) is 26.1. The second kappa shape index (κ2) is 9.97. The van der Waals surface area contributed by atoms with Crippen molar-refractivity contribution in [3.05, 3.63) is 71.8 Å². The molecule has 0 saturated heterocycles. The number of halogens is 7. The van der Waals surface area contributed by atoms with E-state index in [2.05, 4.69) is 19.8 Å². The number of pyridine rings is 1. The van der Waals surface area contributed by atoms with Gasteiger partial charge in [-0.2, -0.15) is 0 Å². The van der Waals surface area contributed by atoms with E-state index < -0.39 is 53.2 Å². The highest BCUT2D eigenvalue weighted by molar-refractivity contribution is 6.07. The van der Waals surface area contributed by atoms with Crippen LogP contribution < -0.4 is 25.3 Å². The van der Waals surface area contributed by atoms with Crippen LogP contribution in [-0.2, 0) is 0 Å². The van der Waals surface area contributed by atoms with Crippen LogP contribution in [0.4, 0.5) is 36.4 Å². The first-order valence-corrected chi connectivity index (χ1v) is 9.41. The molecule has 8 nitrogen and oxygen atoms in total. The Hall–Kier alpha value is -4.56. The van der Waals surface area contributed by atoms with Crippen molar-refractivity contribution in [2.24, 2.45) is 5.73 Å². The molecule has 2 aromatic carbocycles. The van der Waals surface area contributed by atoms with Crippen LogP contribution >= 0.6 is 0 Å². The molecule has 0 atom stereocenters. The largest absolute Gasteiger partial charge is 0.573 e. The second-order valence-electron chi connectivity index (χ2n) is 6.67. The van der Waals surface area contributed by atoms with Crippen LogP contribution in [0, 0.1) is 5.82 Å². The lowest BCUT2D eigenvalue weighted by Crippen LogP contribution is -2.21. The summed E-state index contributed by atoms with van der Waals surface area (Å²) in [6, 6.07) is 7.16. The van der Waals surface area contributed by atoms with E-state index in [1.807, 2.05) is 0 Å². The zero-order valence-corrected chi connectivity index (χ0v) is 17.4. The molecule has 3 rings (SSSR count). The number of hydrogen-bond acceptors (Lipinski definition) is 6. The van der Waals surface area contributed by atoms with E-state index in [1.54, 1.807) is 0 Å². The van der Waals surface area contributed by atoms with Gasteiger partial charge in [0, 0.05) is 11.9 Å². The van der Waals surface area contributed by atoms with Crippen LogP contribution in [0.5, 0.6) is 23.0 Å². The number of carbonyl (C=O) groups is 2. The quantitative estimate of drug-likeness (QED) is 0.417. The molecular formula is C21H12F7N3O5. The van der Waals surface area contributed by atoms with Crippen LogP contribution in [0.25, 0.3) is 0 Å². The smallest absolute Gasteiger partial charge is 0.456 e. The van der Waals surface area contributed by atoms with Gasteiger partial charge < -0.3 is 25.3 Å². The van der Waals surface area contributed by atoms with Gasteiger partial charge in [0.15, 0.2) is 11.6 Å². The fourth-order valence-corrected chi connectivity index (χ4v) is 2.71. The van der Waals surface area contributed by atoms with Gasteiger partial charge in [0.1, 0.15) is 28.5 Å². The molecule has 0 saturated carbocycles. The normalized spacial score (nSPS) is 11.5. The van der Waals surface area contributed by atoms with Crippen molar-refractivity contribution in [2.45, 2.75) is 12.7 Å². The fraction of sp³-hybridized carbons (Fsp3) is 0.0952. The number of nitrogens with one attached hydrogen (secondary N) is 1. The number of ether oxygens (including phenoxy) is 3. The maximum atomic E-state index is 15.0. The van der Waals surface area contributed by atoms with E-state index in [0.29, 0.717) is 6.07 Å². The Morgan fingerprint density at radius 3 is 2.00 bits per heavy atom. The lowest BCUT2D eigenvalue weighted by molar-refractivity contribution is -0.276. The summed E-state index contributed by atoms with van der Waals surface area (Å²) in [5, 5.41) is 2.16. The molecule has 36 heavy (non-hydrogen) atoms. The Kier molecular flexibility index (Phi) is 7.22. The van der Waals surface area contributed by atoms with Gasteiger partial charge in [0.25, 0.3) is 11.8 Å². The predicted molar refractivity (Wildman–Crippen MR) is 107 cm³/mol. The van der Waals surface area contributed by atoms with E-state index in [0.717, 1.165) is 42.6 Å². The van der Waals surface area contributed by atoms with Gasteiger partial charge in [-0.05, 0) is 48.5 Å². The van der Waals surface area contributed by atoms with Crippen molar-refractivity contribution in [2.75, 3.05) is 5.32 Å². The van der Waals surface area contributed by atoms with Crippen LogP contribution in [0.2, 0.25) is 0 Å². The van der Waals surface area contributed by atoms with Crippen molar-refractivity contribution in [3.8, 4) is 23.0 Å². The summed E-state index contributed by atoms with van der Waals surface area (Å²) < 4.78 is 103. The third-order valence-corrected chi connectivity index (χ3v) is 4.08. The third kappa shape index (κ3) is 6.97. The number of hydrogen-bond donors (Lipinski definition) is 2. The van der Waals surface area contributed by atoms with Gasteiger partial charge in [-0.3, -0.25) is 14.6 Å². The minimum absolute atomic E-state index is 0.120. The number of nitrogens with zero attached hydrogens (tertiary/aromatic N) is 1. The van der Waals surface area contributed by atoms with E-state index in [9.17, 15) is 40.3 Å². The molecule has 0 spiro atoms. The maximum Gasteiger partial charge on any atom is 0.573 e. The third-order valence-electron chi connectivity index (χ3n) is 4.08. The van der Waals surface area contributed by atoms with E-state index in [-0.39, 0.29) is 17.1 Å². The zero-order chi connectivity index (χ0) is 26.7. The van der Waals surface area contributed by atoms with Crippen LogP contribution in [0.1, 0.15) is 20.8 Å². The van der Waals surface area contributed by atoms with E-state index in [1.165, 1.54) is 6.07 Å². The molecular weight excluding hydrogens is 507 g/mol. The number of rotatable bonds is 7. The first-order valence-electron chi connectivity index (χ1n) is 9.41. The van der Waals surface area contributed by atoms with Crippen molar-refractivity contribution in [3.63, 3.8) is 0 Å². The number of benzene rings is 2. The van der Waals surface area contributed by atoms with Crippen molar-refractivity contribution in [1.29, 1.82) is 0 Å². The van der Waals surface area contributed by atoms with Gasteiger partial charge in [0.2, 0.25) is 0 Å². The number of amides is 2. The SMILES string of the molecule is NC(=O)c1cc(NC(=O)c2c(Oc3ccc(OC(F)(F)F)cc3)ccc(OC(F)(F)F)c2F)ccn1. The van der Waals surface area contributed by atoms with Crippen molar-refractivity contribution in [1.82, 2.24) is 4.98 Å². The van der Waals surface area contributed by atoms with Crippen LogP contribution in [0.3, 0.4) is 0 Å². The predicted octanol–water partition coefficient (Wildman–Crippen LogP) is 5.16. The summed E-state index contributed by atoms with van der Waals surface area (Å²) in [5.41, 5.74) is 3.64. The highest BCUT2D eigenvalue weighted by atomic mass is 19.4. The highest BCUT2D eigenvalue weighted by Crippen LogP contribution is 2.36. The molecule has 0 radical (unpaired) electrons. The Labute approximate surface area is 196 Å². The molecule has 3 N–H and O–H groups in total. The Bertz CT molecular complexity index is 1280. The van der Waals surface area contributed by atoms with E-state index in [4.69, 9.17) is 10.5 Å². The molecule has 2 amide bonds. The zero-order valence-electron chi connectivity index (χ0n) is 17.4. The molecule has 0 fully saturated rings. The molecule has 1 aromatic heterocycles. The molecule has 0 unspecified atom stereocenters. The van der Waals surface area contributed by atoms with Gasteiger partial charge >= 0.3 is 12.7 Å². The Balaban J connectivity index is 1.97. The number of primary amides is 1. The molecule has 1 heterocycles. The molecule has 190 valence electrons. The van der Waals surface area contributed by atoms with Gasteiger partial charge in [0.05, 0.1) is 0 Å². The standard InChI is InChI=1S/C21H12F7N3O5/c22-17-15(36-21(26,27)28)6-5-14(34-11-1-3-12(4-2-11)35-20(23,24)25)16(17)19(33)31-10-7-8-30-13(9-10)18(29)32/h1-9H,(H2,29,32)(H,30,31,33). The highest BCUT2D eigenvalue weighted by Gasteiger charge is 2.34. The number of aromatic nitrogens is 1.